The third kappa shape index (κ3) is 6.89. The fourth-order valence-electron chi connectivity index (χ4n) is 6.02. The van der Waals surface area contributed by atoms with Crippen molar-refractivity contribution in [3.05, 3.63) is 117 Å². The van der Waals surface area contributed by atoms with E-state index in [-0.39, 0.29) is 21.8 Å². The van der Waals surface area contributed by atoms with E-state index < -0.39 is 0 Å². The van der Waals surface area contributed by atoms with Gasteiger partial charge in [-0.15, -0.1) is 0 Å². The van der Waals surface area contributed by atoms with Crippen LogP contribution in [0.2, 0.25) is 0 Å². The first-order valence-electron chi connectivity index (χ1n) is 15.4. The van der Waals surface area contributed by atoms with Gasteiger partial charge in [-0.1, -0.05) is 75.4 Å². The van der Waals surface area contributed by atoms with Crippen molar-refractivity contribution in [3.63, 3.8) is 0 Å². The number of aromatic hydroxyl groups is 1. The lowest BCUT2D eigenvalue weighted by Gasteiger charge is -2.36. The van der Waals surface area contributed by atoms with Crippen molar-refractivity contribution in [3.8, 4) is 22.6 Å². The molecule has 0 amide bonds. The molecule has 7 heteroatoms. The Morgan fingerprint density at radius 2 is 1.59 bits per heavy atom. The second-order valence-corrected chi connectivity index (χ2v) is 12.7. The van der Waals surface area contributed by atoms with E-state index in [0.717, 1.165) is 46.5 Å². The molecule has 0 atom stereocenters. The number of ether oxygens (including phenoxy) is 1. The Kier molecular flexibility index (Phi) is 9.25. The van der Waals surface area contributed by atoms with Crippen LogP contribution in [0.4, 0.5) is 11.4 Å². The molecule has 1 aliphatic rings. The van der Waals surface area contributed by atoms with Crippen molar-refractivity contribution in [1.82, 2.24) is 4.90 Å². The summed E-state index contributed by atoms with van der Waals surface area (Å²) in [5, 5.41) is 23.7. The SMILES string of the molecule is CCOc1cccc(-c2cc([N+](=O)[O-])c(N3CCN(C)CC3)c(Cc3ccc(C(C)(C)C)cc3)c2Cc2ccccc2O)c1. The third-order valence-corrected chi connectivity index (χ3v) is 8.53. The molecular weight excluding hydrogens is 550 g/mol. The summed E-state index contributed by atoms with van der Waals surface area (Å²) in [6.45, 7) is 12.1. The predicted molar refractivity (Wildman–Crippen MR) is 178 cm³/mol. The number of phenolic OH excluding ortho intramolecular Hbond substituents is 1. The highest BCUT2D eigenvalue weighted by Gasteiger charge is 2.31. The average Bonchev–Trinajstić information content (AvgIpc) is 2.99. The van der Waals surface area contributed by atoms with E-state index in [1.807, 2.05) is 49.4 Å². The molecule has 1 aliphatic heterocycles. The van der Waals surface area contributed by atoms with E-state index in [2.05, 4.69) is 61.9 Å². The van der Waals surface area contributed by atoms with Crippen LogP contribution in [0.15, 0.2) is 78.9 Å². The minimum Gasteiger partial charge on any atom is -0.508 e. The average molecular weight is 594 g/mol. The van der Waals surface area contributed by atoms with E-state index in [1.165, 1.54) is 5.56 Å². The van der Waals surface area contributed by atoms with Gasteiger partial charge >= 0.3 is 0 Å². The number of nitrogens with zero attached hydrogens (tertiary/aromatic N) is 3. The Bertz CT molecular complexity index is 1620. The van der Waals surface area contributed by atoms with Gasteiger partial charge in [0.15, 0.2) is 0 Å². The number of rotatable bonds is 9. The van der Waals surface area contributed by atoms with Crippen LogP contribution >= 0.6 is 0 Å². The molecule has 4 aromatic carbocycles. The highest BCUT2D eigenvalue weighted by atomic mass is 16.6. The summed E-state index contributed by atoms with van der Waals surface area (Å²) in [5.74, 6) is 0.921. The van der Waals surface area contributed by atoms with E-state index in [1.54, 1.807) is 12.1 Å². The normalized spacial score (nSPS) is 14.1. The number of para-hydroxylation sites is 1. The molecule has 1 heterocycles. The number of likely N-dealkylation sites (N-methyl/N-ethyl adjacent to an activating group) is 1. The summed E-state index contributed by atoms with van der Waals surface area (Å²) in [5.41, 5.74) is 7.42. The quantitative estimate of drug-likeness (QED) is 0.159. The minimum absolute atomic E-state index is 0.0177. The Balaban J connectivity index is 1.79. The molecule has 5 rings (SSSR count). The minimum atomic E-state index is -0.237. The van der Waals surface area contributed by atoms with Gasteiger partial charge in [0.2, 0.25) is 0 Å². The molecule has 0 spiro atoms. The van der Waals surface area contributed by atoms with Crippen molar-refractivity contribution < 1.29 is 14.8 Å². The van der Waals surface area contributed by atoms with Gasteiger partial charge in [0, 0.05) is 45.1 Å². The molecule has 1 N–H and O–H groups in total. The standard InChI is InChI=1S/C37H43N3O4/c1-6-44-30-12-9-11-27(23-30)31-25-34(40(42)43)36(39-20-18-38(5)19-21-39)33(32(31)24-28-10-7-8-13-35(28)41)22-26-14-16-29(17-15-26)37(2,3)4/h7-17,23,25,41H,6,18-22,24H2,1-5H3. The zero-order chi connectivity index (χ0) is 31.4. The van der Waals surface area contributed by atoms with Crippen LogP contribution in [0.25, 0.3) is 11.1 Å². The van der Waals surface area contributed by atoms with Gasteiger partial charge in [-0.2, -0.15) is 0 Å². The highest BCUT2D eigenvalue weighted by molar-refractivity contribution is 5.82. The summed E-state index contributed by atoms with van der Waals surface area (Å²) in [6, 6.07) is 25.5. The molecule has 1 saturated heterocycles. The molecule has 230 valence electrons. The maximum atomic E-state index is 12.9. The first kappa shape index (κ1) is 31.1. The van der Waals surface area contributed by atoms with Crippen molar-refractivity contribution in [2.24, 2.45) is 0 Å². The van der Waals surface area contributed by atoms with Crippen molar-refractivity contribution in [1.29, 1.82) is 0 Å². The Hall–Kier alpha value is -4.36. The largest absolute Gasteiger partial charge is 0.508 e. The summed E-state index contributed by atoms with van der Waals surface area (Å²) >= 11 is 0. The molecule has 1 fully saturated rings. The highest BCUT2D eigenvalue weighted by Crippen LogP contribution is 2.44. The van der Waals surface area contributed by atoms with Crippen molar-refractivity contribution >= 4 is 11.4 Å². The number of nitro groups is 1. The maximum Gasteiger partial charge on any atom is 0.293 e. The summed E-state index contributed by atoms with van der Waals surface area (Å²) < 4.78 is 5.83. The molecule has 0 aromatic heterocycles. The van der Waals surface area contributed by atoms with Crippen LogP contribution in [0.3, 0.4) is 0 Å². The number of hydrogen-bond acceptors (Lipinski definition) is 6. The molecular formula is C37H43N3O4. The zero-order valence-corrected chi connectivity index (χ0v) is 26.5. The lowest BCUT2D eigenvalue weighted by atomic mass is 9.84. The van der Waals surface area contributed by atoms with Gasteiger partial charge in [-0.05, 0) is 76.5 Å². The molecule has 0 bridgehead atoms. The van der Waals surface area contributed by atoms with Gasteiger partial charge in [0.05, 0.1) is 11.5 Å². The Morgan fingerprint density at radius 3 is 2.23 bits per heavy atom. The first-order chi connectivity index (χ1) is 21.0. The molecule has 7 nitrogen and oxygen atoms in total. The third-order valence-electron chi connectivity index (χ3n) is 8.53. The van der Waals surface area contributed by atoms with E-state index in [9.17, 15) is 15.2 Å². The first-order valence-corrected chi connectivity index (χ1v) is 15.4. The van der Waals surface area contributed by atoms with E-state index in [4.69, 9.17) is 4.74 Å². The number of nitro benzene ring substituents is 1. The molecule has 0 radical (unpaired) electrons. The Morgan fingerprint density at radius 1 is 0.886 bits per heavy atom. The topological polar surface area (TPSA) is 79.1 Å². The van der Waals surface area contributed by atoms with Gasteiger partial charge in [-0.3, -0.25) is 10.1 Å². The molecule has 4 aromatic rings. The smallest absolute Gasteiger partial charge is 0.293 e. The van der Waals surface area contributed by atoms with E-state index >= 15 is 0 Å². The number of phenols is 1. The fraction of sp³-hybridized carbons (Fsp3) is 0.351. The van der Waals surface area contributed by atoms with E-state index in [0.29, 0.717) is 44.0 Å². The number of benzene rings is 4. The number of piperazine rings is 1. The Labute approximate surface area is 260 Å². The van der Waals surface area contributed by atoms with Gasteiger partial charge in [0.25, 0.3) is 5.69 Å². The molecule has 44 heavy (non-hydrogen) atoms. The van der Waals surface area contributed by atoms with Crippen LogP contribution in [0, 0.1) is 10.1 Å². The summed E-state index contributed by atoms with van der Waals surface area (Å²) in [7, 11) is 2.08. The van der Waals surface area contributed by atoms with Crippen LogP contribution in [-0.2, 0) is 18.3 Å². The van der Waals surface area contributed by atoms with Crippen LogP contribution in [0.5, 0.6) is 11.5 Å². The lowest BCUT2D eigenvalue weighted by molar-refractivity contribution is -0.384. The lowest BCUT2D eigenvalue weighted by Crippen LogP contribution is -2.45. The zero-order valence-electron chi connectivity index (χ0n) is 26.5. The van der Waals surface area contributed by atoms with Crippen LogP contribution in [0.1, 0.15) is 55.5 Å². The second-order valence-electron chi connectivity index (χ2n) is 12.7. The predicted octanol–water partition coefficient (Wildman–Crippen LogP) is 7.60. The maximum absolute atomic E-state index is 12.9. The molecule has 0 aliphatic carbocycles. The van der Waals surface area contributed by atoms with Crippen molar-refractivity contribution in [2.75, 3.05) is 44.7 Å². The van der Waals surface area contributed by atoms with Crippen LogP contribution in [-0.4, -0.2) is 54.8 Å². The summed E-state index contributed by atoms with van der Waals surface area (Å²) in [6.07, 6.45) is 0.948. The van der Waals surface area contributed by atoms with Crippen molar-refractivity contribution in [2.45, 2.75) is 46.0 Å². The number of anilines is 1. The monoisotopic (exact) mass is 593 g/mol. The summed E-state index contributed by atoms with van der Waals surface area (Å²) in [4.78, 5) is 17.1. The van der Waals surface area contributed by atoms with Gasteiger partial charge in [0.1, 0.15) is 17.2 Å². The van der Waals surface area contributed by atoms with Crippen LogP contribution < -0.4 is 9.64 Å². The fourth-order valence-corrected chi connectivity index (χ4v) is 6.02. The second kappa shape index (κ2) is 13.1. The van der Waals surface area contributed by atoms with Gasteiger partial charge < -0.3 is 19.6 Å². The van der Waals surface area contributed by atoms with Gasteiger partial charge in [-0.25, -0.2) is 0 Å². The molecule has 0 saturated carbocycles. The number of hydrogen-bond donors (Lipinski definition) is 1. The molecule has 0 unspecified atom stereocenters.